The smallest absolute Gasteiger partial charge is 0.160 e. The summed E-state index contributed by atoms with van der Waals surface area (Å²) in [5.41, 5.74) is 16.0. The molecule has 0 aliphatic rings. The van der Waals surface area contributed by atoms with Gasteiger partial charge in [-0.2, -0.15) is 0 Å². The summed E-state index contributed by atoms with van der Waals surface area (Å²) in [6.45, 7) is 0. The van der Waals surface area contributed by atoms with Crippen molar-refractivity contribution in [3.63, 3.8) is 0 Å². The van der Waals surface area contributed by atoms with Crippen LogP contribution in [0.2, 0.25) is 0 Å². The fourth-order valence-corrected chi connectivity index (χ4v) is 8.35. The second-order valence-corrected chi connectivity index (χ2v) is 16.0. The summed E-state index contributed by atoms with van der Waals surface area (Å²) in [6, 6.07) is 82.9. The first-order valence-electron chi connectivity index (χ1n) is 20.4. The van der Waals surface area contributed by atoms with Crippen LogP contribution in [0, 0.1) is 0 Å². The van der Waals surface area contributed by atoms with E-state index in [1.54, 1.807) is 11.8 Å². The maximum atomic E-state index is 5.11. The molecule has 0 saturated carbocycles. The molecule has 4 heteroatoms. The van der Waals surface area contributed by atoms with Gasteiger partial charge in [0.15, 0.2) is 5.82 Å². The molecule has 0 spiro atoms. The van der Waals surface area contributed by atoms with E-state index in [9.17, 15) is 0 Å². The molecule has 288 valence electrons. The molecule has 3 nitrogen and oxygen atoms in total. The first-order chi connectivity index (χ1) is 30.2. The number of benzene rings is 8. The zero-order chi connectivity index (χ0) is 40.8. The molecule has 0 N–H and O–H groups in total. The monoisotopic (exact) mass is 797 g/mol. The van der Waals surface area contributed by atoms with Crippen molar-refractivity contribution in [2.24, 2.45) is 0 Å². The van der Waals surface area contributed by atoms with Gasteiger partial charge in [0.1, 0.15) is 0 Å². The van der Waals surface area contributed by atoms with E-state index in [0.717, 1.165) is 67.5 Å². The molecule has 10 aromatic rings. The molecule has 0 amide bonds. The maximum Gasteiger partial charge on any atom is 0.160 e. The molecular weight excluding hydrogens is 759 g/mol. The van der Waals surface area contributed by atoms with Gasteiger partial charge in [0, 0.05) is 37.6 Å². The Morgan fingerprint density at radius 3 is 0.885 bits per heavy atom. The Labute approximate surface area is 361 Å². The van der Waals surface area contributed by atoms with E-state index in [-0.39, 0.29) is 0 Å². The Morgan fingerprint density at radius 1 is 0.213 bits per heavy atom. The van der Waals surface area contributed by atoms with Gasteiger partial charge in [-0.15, -0.1) is 0 Å². The Morgan fingerprint density at radius 2 is 0.492 bits per heavy atom. The van der Waals surface area contributed by atoms with Crippen molar-refractivity contribution in [1.29, 1.82) is 0 Å². The molecule has 0 saturated heterocycles. The lowest BCUT2D eigenvalue weighted by atomic mass is 9.98. The van der Waals surface area contributed by atoms with E-state index in [0.29, 0.717) is 0 Å². The van der Waals surface area contributed by atoms with Crippen molar-refractivity contribution >= 4 is 11.8 Å². The minimum absolute atomic E-state index is 0.718. The SMILES string of the molecule is c1ccc(-c2cc(-c3ccccc3)nc(-c3ccc(-c4ccc(Sc5ccc(-c6ccc(-c7cc(-c8ccccc8)nc(-c8ccccc8)n7)cc6)cc5)cc4)cc3)c2)cc1. The molecular formula is C57H39N3S. The van der Waals surface area contributed by atoms with Crippen molar-refractivity contribution in [3.05, 3.63) is 237 Å². The fraction of sp³-hybridized carbons (Fsp3) is 0. The standard InChI is InChI=1S/C57H39N3S/c1-5-13-40(14-6-1)50-37-53(45-15-7-2-8-16-45)58-54(38-50)47-25-21-41(22-26-47)43-29-33-51(34-30-43)61-52-35-31-44(32-36-52)42-23-27-48(28-24-42)56-39-55(46-17-9-3-10-18-46)59-57(60-56)49-19-11-4-12-20-49/h1-39H. The second kappa shape index (κ2) is 17.3. The van der Waals surface area contributed by atoms with E-state index in [4.69, 9.17) is 15.0 Å². The van der Waals surface area contributed by atoms with Crippen LogP contribution in [-0.4, -0.2) is 15.0 Å². The van der Waals surface area contributed by atoms with Crippen molar-refractivity contribution in [1.82, 2.24) is 15.0 Å². The van der Waals surface area contributed by atoms with Gasteiger partial charge < -0.3 is 0 Å². The molecule has 0 fully saturated rings. The molecule has 0 radical (unpaired) electrons. The van der Waals surface area contributed by atoms with Crippen molar-refractivity contribution in [3.8, 4) is 89.8 Å². The summed E-state index contributed by atoms with van der Waals surface area (Å²) in [5, 5.41) is 0. The van der Waals surface area contributed by atoms with E-state index in [1.807, 2.05) is 42.5 Å². The third-order valence-corrected chi connectivity index (χ3v) is 11.8. The summed E-state index contributed by atoms with van der Waals surface area (Å²) >= 11 is 1.77. The second-order valence-electron chi connectivity index (χ2n) is 14.9. The summed E-state index contributed by atoms with van der Waals surface area (Å²) in [4.78, 5) is 17.4. The van der Waals surface area contributed by atoms with Gasteiger partial charge in [0.2, 0.25) is 0 Å². The van der Waals surface area contributed by atoms with E-state index < -0.39 is 0 Å². The number of aromatic nitrogens is 3. The van der Waals surface area contributed by atoms with Gasteiger partial charge in [-0.3, -0.25) is 0 Å². The number of hydrogen-bond acceptors (Lipinski definition) is 4. The minimum Gasteiger partial charge on any atom is -0.248 e. The maximum absolute atomic E-state index is 5.11. The molecule has 0 bridgehead atoms. The molecule has 61 heavy (non-hydrogen) atoms. The Kier molecular flexibility index (Phi) is 10.7. The largest absolute Gasteiger partial charge is 0.248 e. The van der Waals surface area contributed by atoms with Crippen LogP contribution < -0.4 is 0 Å². The lowest BCUT2D eigenvalue weighted by molar-refractivity contribution is 1.18. The highest BCUT2D eigenvalue weighted by molar-refractivity contribution is 7.99. The molecule has 0 aliphatic carbocycles. The quantitative estimate of drug-likeness (QED) is 0.138. The van der Waals surface area contributed by atoms with Crippen LogP contribution in [0.15, 0.2) is 246 Å². The van der Waals surface area contributed by atoms with Crippen molar-refractivity contribution < 1.29 is 0 Å². The summed E-state index contributed by atoms with van der Waals surface area (Å²) < 4.78 is 0. The van der Waals surface area contributed by atoms with Crippen LogP contribution in [0.4, 0.5) is 0 Å². The lowest BCUT2D eigenvalue weighted by Gasteiger charge is -2.11. The van der Waals surface area contributed by atoms with Crippen LogP contribution in [0.3, 0.4) is 0 Å². The fourth-order valence-electron chi connectivity index (χ4n) is 7.53. The molecule has 2 heterocycles. The van der Waals surface area contributed by atoms with Gasteiger partial charge in [-0.05, 0) is 75.8 Å². The molecule has 2 aromatic heterocycles. The zero-order valence-electron chi connectivity index (χ0n) is 33.3. The third-order valence-electron chi connectivity index (χ3n) is 10.8. The van der Waals surface area contributed by atoms with E-state index in [1.165, 1.54) is 32.0 Å². The topological polar surface area (TPSA) is 38.7 Å². The zero-order valence-corrected chi connectivity index (χ0v) is 34.1. The summed E-state index contributed by atoms with van der Waals surface area (Å²) in [5.74, 6) is 0.718. The average Bonchev–Trinajstić information content (AvgIpc) is 3.35. The minimum atomic E-state index is 0.718. The predicted molar refractivity (Wildman–Crippen MR) is 254 cm³/mol. The van der Waals surface area contributed by atoms with Crippen LogP contribution in [0.1, 0.15) is 0 Å². The van der Waals surface area contributed by atoms with Gasteiger partial charge in [0.05, 0.1) is 22.8 Å². The van der Waals surface area contributed by atoms with Crippen LogP contribution in [-0.2, 0) is 0 Å². The molecule has 10 rings (SSSR count). The Bertz CT molecular complexity index is 2700. The Balaban J connectivity index is 0.827. The molecule has 0 aliphatic heterocycles. The highest BCUT2D eigenvalue weighted by atomic mass is 32.2. The van der Waals surface area contributed by atoms with Crippen molar-refractivity contribution in [2.45, 2.75) is 9.79 Å². The van der Waals surface area contributed by atoms with Gasteiger partial charge in [-0.1, -0.05) is 206 Å². The van der Waals surface area contributed by atoms with Crippen LogP contribution in [0.25, 0.3) is 89.8 Å². The molecule has 0 atom stereocenters. The van der Waals surface area contributed by atoms with Gasteiger partial charge >= 0.3 is 0 Å². The Hall–Kier alpha value is -7.66. The van der Waals surface area contributed by atoms with Gasteiger partial charge in [0.25, 0.3) is 0 Å². The average molecular weight is 798 g/mol. The van der Waals surface area contributed by atoms with E-state index >= 15 is 0 Å². The first-order valence-corrected chi connectivity index (χ1v) is 21.2. The number of pyridine rings is 1. The number of hydrogen-bond donors (Lipinski definition) is 0. The predicted octanol–water partition coefficient (Wildman–Crippen LogP) is 15.4. The lowest BCUT2D eigenvalue weighted by Crippen LogP contribution is -1.95. The highest BCUT2D eigenvalue weighted by Gasteiger charge is 2.12. The van der Waals surface area contributed by atoms with Crippen LogP contribution in [0.5, 0.6) is 0 Å². The highest BCUT2D eigenvalue weighted by Crippen LogP contribution is 2.35. The van der Waals surface area contributed by atoms with Gasteiger partial charge in [-0.25, -0.2) is 15.0 Å². The summed E-state index contributed by atoms with van der Waals surface area (Å²) in [7, 11) is 0. The summed E-state index contributed by atoms with van der Waals surface area (Å²) in [6.07, 6.45) is 0. The normalized spacial score (nSPS) is 11.0. The number of rotatable bonds is 10. The molecule has 0 unspecified atom stereocenters. The number of nitrogens with zero attached hydrogens (tertiary/aromatic N) is 3. The van der Waals surface area contributed by atoms with Crippen LogP contribution >= 0.6 is 11.8 Å². The molecule has 8 aromatic carbocycles. The first kappa shape index (κ1) is 37.6. The van der Waals surface area contributed by atoms with Crippen molar-refractivity contribution in [2.75, 3.05) is 0 Å². The van der Waals surface area contributed by atoms with E-state index in [2.05, 4.69) is 194 Å². The third kappa shape index (κ3) is 8.58.